The zero-order valence-corrected chi connectivity index (χ0v) is 11.5. The molecule has 0 spiro atoms. The largest absolute Gasteiger partial charge is 0.458 e. The number of hydrogen-bond acceptors (Lipinski definition) is 2. The molecule has 2 nitrogen and oxygen atoms in total. The van der Waals surface area contributed by atoms with Crippen molar-refractivity contribution in [2.45, 2.75) is 57.5 Å². The molecule has 1 rings (SSSR count). The van der Waals surface area contributed by atoms with Crippen LogP contribution in [0.1, 0.15) is 27.7 Å². The van der Waals surface area contributed by atoms with Gasteiger partial charge in [0.25, 0.3) is 0 Å². The molecule has 0 radical (unpaired) electrons. The second kappa shape index (κ2) is 4.68. The van der Waals surface area contributed by atoms with Crippen molar-refractivity contribution in [2.75, 3.05) is 0 Å². The highest BCUT2D eigenvalue weighted by Gasteiger charge is 2.86. The predicted molar refractivity (Wildman–Crippen MR) is 54.4 cm³/mol. The molecule has 0 aromatic rings. The number of rotatable bonds is 3. The van der Waals surface area contributed by atoms with Crippen LogP contribution >= 0.6 is 0 Å². The molecule has 1 saturated heterocycles. The smallest absolute Gasteiger partial charge is 0.293 e. The molecule has 2 atom stereocenters. The first-order valence-electron chi connectivity index (χ1n) is 5.97. The normalized spacial score (nSPS) is 34.0. The first-order valence-corrected chi connectivity index (χ1v) is 5.97. The van der Waals surface area contributed by atoms with Gasteiger partial charge >= 0.3 is 24.1 Å². The summed E-state index contributed by atoms with van der Waals surface area (Å²) in [7, 11) is 0. The Kier molecular flexibility index (Phi) is 4.10. The van der Waals surface area contributed by atoms with E-state index >= 15 is 0 Å². The van der Waals surface area contributed by atoms with Crippen LogP contribution in [0.5, 0.6) is 0 Å². The number of hydrogen-bond donors (Lipinski definition) is 0. The van der Waals surface area contributed by atoms with E-state index in [0.29, 0.717) is 0 Å². The van der Waals surface area contributed by atoms with E-state index in [1.807, 2.05) is 0 Å². The van der Waals surface area contributed by atoms with Crippen molar-refractivity contribution in [3.8, 4) is 0 Å². The van der Waals surface area contributed by atoms with E-state index in [1.54, 1.807) is 0 Å². The lowest BCUT2D eigenvalue weighted by Crippen LogP contribution is -2.58. The van der Waals surface area contributed by atoms with E-state index in [2.05, 4.69) is 9.47 Å². The van der Waals surface area contributed by atoms with Crippen LogP contribution in [0.3, 0.4) is 0 Å². The van der Waals surface area contributed by atoms with Crippen LogP contribution in [0.2, 0.25) is 0 Å². The van der Waals surface area contributed by atoms with Crippen molar-refractivity contribution in [3.63, 3.8) is 0 Å². The highest BCUT2D eigenvalue weighted by molar-refractivity contribution is 5.03. The quantitative estimate of drug-likeness (QED) is 0.710. The molecule has 0 aromatic heterocycles. The van der Waals surface area contributed by atoms with Gasteiger partial charge in [0.05, 0.1) is 0 Å². The Labute approximate surface area is 115 Å². The number of ether oxygens (including phenoxy) is 2. The Bertz CT molecular complexity index is 406. The van der Waals surface area contributed by atoms with Gasteiger partial charge in [-0.3, -0.25) is 9.47 Å². The molecule has 2 unspecified atom stereocenters. The van der Waals surface area contributed by atoms with Gasteiger partial charge in [-0.2, -0.15) is 26.3 Å². The molecule has 1 fully saturated rings. The van der Waals surface area contributed by atoms with Gasteiger partial charge in [0.15, 0.2) is 0 Å². The molecule has 1 aliphatic heterocycles. The minimum Gasteiger partial charge on any atom is -0.293 e. The Morgan fingerprint density at radius 3 is 1.48 bits per heavy atom. The summed E-state index contributed by atoms with van der Waals surface area (Å²) in [4.78, 5) is 0. The summed E-state index contributed by atoms with van der Waals surface area (Å²) in [5, 5.41) is 0. The third kappa shape index (κ3) is 2.30. The second-order valence-corrected chi connectivity index (χ2v) is 5.41. The average Bonchev–Trinajstić information content (AvgIpc) is 2.47. The minimum absolute atomic E-state index is 0.862. The molecule has 10 heteroatoms. The summed E-state index contributed by atoms with van der Waals surface area (Å²) in [6.07, 6.45) is -11.9. The van der Waals surface area contributed by atoms with Gasteiger partial charge in [0, 0.05) is 11.8 Å². The maximum Gasteiger partial charge on any atom is 0.458 e. The lowest BCUT2D eigenvalue weighted by Gasteiger charge is -2.40. The first-order chi connectivity index (χ1) is 9.05. The van der Waals surface area contributed by atoms with Crippen LogP contribution in [-0.4, -0.2) is 29.8 Å². The zero-order chi connectivity index (χ0) is 17.1. The summed E-state index contributed by atoms with van der Waals surface area (Å²) in [6, 6.07) is 0. The molecule has 0 bridgehead atoms. The number of alkyl halides is 8. The molecule has 126 valence electrons. The molecule has 0 aliphatic carbocycles. The lowest BCUT2D eigenvalue weighted by molar-refractivity contribution is -0.399. The van der Waals surface area contributed by atoms with E-state index in [1.165, 1.54) is 0 Å². The van der Waals surface area contributed by atoms with Gasteiger partial charge in [-0.25, -0.2) is 8.78 Å². The highest BCUT2D eigenvalue weighted by atomic mass is 19.4. The van der Waals surface area contributed by atoms with Crippen molar-refractivity contribution in [3.05, 3.63) is 0 Å². The Morgan fingerprint density at radius 2 is 1.24 bits per heavy atom. The van der Waals surface area contributed by atoms with E-state index in [0.717, 1.165) is 27.7 Å². The van der Waals surface area contributed by atoms with Crippen LogP contribution in [0, 0.1) is 11.8 Å². The van der Waals surface area contributed by atoms with Crippen molar-refractivity contribution < 1.29 is 44.6 Å². The first kappa shape index (κ1) is 18.4. The molecule has 0 aromatic carbocycles. The van der Waals surface area contributed by atoms with Gasteiger partial charge in [-0.1, -0.05) is 27.7 Å². The maximum absolute atomic E-state index is 14.1. The Balaban J connectivity index is 3.49. The lowest BCUT2D eigenvalue weighted by atomic mass is 9.88. The molecular weight excluding hydrogens is 316 g/mol. The van der Waals surface area contributed by atoms with Crippen LogP contribution < -0.4 is 0 Å². The van der Waals surface area contributed by atoms with Crippen LogP contribution in [0.15, 0.2) is 0 Å². The highest BCUT2D eigenvalue weighted by Crippen LogP contribution is 2.61. The summed E-state index contributed by atoms with van der Waals surface area (Å²) in [5.41, 5.74) is 0. The van der Waals surface area contributed by atoms with Crippen LogP contribution in [-0.2, 0) is 9.47 Å². The fourth-order valence-electron chi connectivity index (χ4n) is 1.93. The third-order valence-electron chi connectivity index (χ3n) is 3.26. The van der Waals surface area contributed by atoms with Gasteiger partial charge in [-0.15, -0.1) is 0 Å². The van der Waals surface area contributed by atoms with Crippen LogP contribution in [0.25, 0.3) is 0 Å². The fourth-order valence-corrected chi connectivity index (χ4v) is 1.93. The molecule has 1 aliphatic rings. The molecule has 21 heavy (non-hydrogen) atoms. The average molecular weight is 330 g/mol. The molecule has 0 N–H and O–H groups in total. The monoisotopic (exact) mass is 330 g/mol. The molecule has 0 saturated carbocycles. The van der Waals surface area contributed by atoms with E-state index in [-0.39, 0.29) is 0 Å². The Hall–Kier alpha value is -0.640. The number of halogens is 8. The molecule has 1 heterocycles. The SMILES string of the molecule is CC(C)C(F)(F)C1(C(C)C)OC(F)(F)C(F)(C(F)(F)F)O1. The maximum atomic E-state index is 14.1. The summed E-state index contributed by atoms with van der Waals surface area (Å²) >= 11 is 0. The van der Waals surface area contributed by atoms with Crippen molar-refractivity contribution in [1.29, 1.82) is 0 Å². The zero-order valence-electron chi connectivity index (χ0n) is 11.5. The van der Waals surface area contributed by atoms with Gasteiger partial charge < -0.3 is 0 Å². The van der Waals surface area contributed by atoms with E-state index < -0.39 is 41.7 Å². The van der Waals surface area contributed by atoms with Gasteiger partial charge in [0.2, 0.25) is 5.79 Å². The summed E-state index contributed by atoms with van der Waals surface area (Å²) < 4.78 is 113. The summed E-state index contributed by atoms with van der Waals surface area (Å²) in [6.45, 7) is 3.46. The third-order valence-corrected chi connectivity index (χ3v) is 3.26. The topological polar surface area (TPSA) is 18.5 Å². The molecular formula is C11H14F8O2. The molecule has 0 amide bonds. The summed E-state index contributed by atoms with van der Waals surface area (Å²) in [5.74, 6) is -17.1. The standard InChI is InChI=1S/C11H14F8O2/c1-5(2)7(12,13)8(6(3)4)20-9(14,10(15,16)17)11(18,19)21-8/h5-6H,1-4H3. The van der Waals surface area contributed by atoms with Gasteiger partial charge in [-0.05, 0) is 0 Å². The van der Waals surface area contributed by atoms with Crippen molar-refractivity contribution in [2.24, 2.45) is 11.8 Å². The second-order valence-electron chi connectivity index (χ2n) is 5.41. The minimum atomic E-state index is -6.25. The van der Waals surface area contributed by atoms with E-state index in [9.17, 15) is 35.1 Å². The predicted octanol–water partition coefficient (Wildman–Crippen LogP) is 4.50. The Morgan fingerprint density at radius 1 is 0.810 bits per heavy atom. The van der Waals surface area contributed by atoms with Crippen LogP contribution in [0.4, 0.5) is 35.1 Å². The fraction of sp³-hybridized carbons (Fsp3) is 1.00. The van der Waals surface area contributed by atoms with Crippen molar-refractivity contribution >= 4 is 0 Å². The van der Waals surface area contributed by atoms with E-state index in [4.69, 9.17) is 0 Å². The van der Waals surface area contributed by atoms with Crippen molar-refractivity contribution in [1.82, 2.24) is 0 Å². The van der Waals surface area contributed by atoms with Gasteiger partial charge in [0.1, 0.15) is 0 Å².